The Hall–Kier alpha value is -2.09. The zero-order chi connectivity index (χ0) is 15.3. The first-order chi connectivity index (χ1) is 9.49. The summed E-state index contributed by atoms with van der Waals surface area (Å²) in [5, 5.41) is 8.77. The number of carbonyl (C=O) groups excluding carboxylic acids is 2. The first-order valence-electron chi connectivity index (χ1n) is 6.34. The Morgan fingerprint density at radius 1 is 1.45 bits per heavy atom. The SMILES string of the molecule is C=C[C@H]1CC(C(=O)OC)(C(=O)OC)[C@@H](CCC#N)C1=C. The molecule has 1 aliphatic rings. The summed E-state index contributed by atoms with van der Waals surface area (Å²) >= 11 is 0. The van der Waals surface area contributed by atoms with Gasteiger partial charge in [0, 0.05) is 12.3 Å². The highest BCUT2D eigenvalue weighted by Gasteiger charge is 2.60. The Morgan fingerprint density at radius 3 is 2.40 bits per heavy atom. The lowest BCUT2D eigenvalue weighted by atomic mass is 9.74. The van der Waals surface area contributed by atoms with Crippen molar-refractivity contribution < 1.29 is 19.1 Å². The summed E-state index contributed by atoms with van der Waals surface area (Å²) in [6.07, 6.45) is 2.48. The van der Waals surface area contributed by atoms with Crippen molar-refractivity contribution in [1.29, 1.82) is 5.26 Å². The van der Waals surface area contributed by atoms with Gasteiger partial charge in [-0.05, 0) is 18.8 Å². The van der Waals surface area contributed by atoms with Crippen LogP contribution in [0, 0.1) is 28.6 Å². The smallest absolute Gasteiger partial charge is 0.323 e. The fourth-order valence-electron chi connectivity index (χ4n) is 2.97. The van der Waals surface area contributed by atoms with Crippen LogP contribution in [-0.2, 0) is 19.1 Å². The molecular formula is C15H19NO4. The monoisotopic (exact) mass is 277 g/mol. The van der Waals surface area contributed by atoms with E-state index in [0.717, 1.165) is 5.57 Å². The molecule has 0 aromatic carbocycles. The van der Waals surface area contributed by atoms with Gasteiger partial charge in [-0.3, -0.25) is 9.59 Å². The van der Waals surface area contributed by atoms with Crippen molar-refractivity contribution in [1.82, 2.24) is 0 Å². The number of nitrogens with zero attached hydrogens (tertiary/aromatic N) is 1. The van der Waals surface area contributed by atoms with Gasteiger partial charge < -0.3 is 9.47 Å². The minimum absolute atomic E-state index is 0.170. The van der Waals surface area contributed by atoms with Gasteiger partial charge in [-0.15, -0.1) is 6.58 Å². The summed E-state index contributed by atoms with van der Waals surface area (Å²) in [5.41, 5.74) is -0.693. The average molecular weight is 277 g/mol. The van der Waals surface area contributed by atoms with Crippen molar-refractivity contribution in [3.05, 3.63) is 24.8 Å². The van der Waals surface area contributed by atoms with Crippen LogP contribution in [0.4, 0.5) is 0 Å². The average Bonchev–Trinajstić information content (AvgIpc) is 2.76. The quantitative estimate of drug-likeness (QED) is 0.436. The standard InChI is InChI=1S/C15H19NO4/c1-5-11-9-15(13(17)19-3,14(18)20-4)12(10(11)2)7-6-8-16/h5,11-12H,1-2,6-7,9H2,3-4H3/t11-,12-/m0/s1. The number of rotatable bonds is 5. The highest BCUT2D eigenvalue weighted by atomic mass is 16.5. The minimum atomic E-state index is -1.42. The zero-order valence-corrected chi connectivity index (χ0v) is 11.8. The lowest BCUT2D eigenvalue weighted by Crippen LogP contribution is -2.44. The van der Waals surface area contributed by atoms with Crippen LogP contribution >= 0.6 is 0 Å². The second-order valence-electron chi connectivity index (χ2n) is 4.83. The summed E-state index contributed by atoms with van der Waals surface area (Å²) in [7, 11) is 2.47. The molecule has 1 fully saturated rings. The minimum Gasteiger partial charge on any atom is -0.468 e. The molecule has 0 spiro atoms. The van der Waals surface area contributed by atoms with Crippen LogP contribution in [0.25, 0.3) is 0 Å². The maximum atomic E-state index is 12.2. The fourth-order valence-corrected chi connectivity index (χ4v) is 2.97. The van der Waals surface area contributed by atoms with Crippen LogP contribution in [0.2, 0.25) is 0 Å². The Bertz CT molecular complexity index is 459. The van der Waals surface area contributed by atoms with E-state index in [4.69, 9.17) is 14.7 Å². The van der Waals surface area contributed by atoms with Gasteiger partial charge in [0.15, 0.2) is 5.41 Å². The van der Waals surface area contributed by atoms with Gasteiger partial charge in [-0.2, -0.15) is 5.26 Å². The van der Waals surface area contributed by atoms with Crippen LogP contribution in [0.3, 0.4) is 0 Å². The van der Waals surface area contributed by atoms with Crippen molar-refractivity contribution in [2.75, 3.05) is 14.2 Å². The highest BCUT2D eigenvalue weighted by molar-refractivity contribution is 6.01. The molecule has 0 heterocycles. The maximum absolute atomic E-state index is 12.2. The molecule has 0 aromatic rings. The number of methoxy groups -OCH3 is 2. The van der Waals surface area contributed by atoms with Crippen LogP contribution in [0.15, 0.2) is 24.8 Å². The van der Waals surface area contributed by atoms with Gasteiger partial charge >= 0.3 is 11.9 Å². The first-order valence-corrected chi connectivity index (χ1v) is 6.34. The predicted octanol–water partition coefficient (Wildman–Crippen LogP) is 2.00. The summed E-state index contributed by atoms with van der Waals surface area (Å²) < 4.78 is 9.63. The molecule has 0 N–H and O–H groups in total. The lowest BCUT2D eigenvalue weighted by molar-refractivity contribution is -0.172. The summed E-state index contributed by atoms with van der Waals surface area (Å²) in [4.78, 5) is 24.5. The van der Waals surface area contributed by atoms with E-state index in [1.807, 2.05) is 6.07 Å². The van der Waals surface area contributed by atoms with E-state index < -0.39 is 23.3 Å². The molecule has 108 valence electrons. The Kier molecular flexibility index (Phi) is 5.09. The summed E-state index contributed by atoms with van der Waals surface area (Å²) in [6, 6.07) is 2.03. The molecule has 0 radical (unpaired) electrons. The Balaban J connectivity index is 3.32. The number of allylic oxidation sites excluding steroid dienone is 2. The summed E-state index contributed by atoms with van der Waals surface area (Å²) in [6.45, 7) is 7.69. The normalized spacial score (nSPS) is 23.8. The van der Waals surface area contributed by atoms with E-state index in [1.165, 1.54) is 14.2 Å². The van der Waals surface area contributed by atoms with Crippen LogP contribution < -0.4 is 0 Å². The molecule has 0 aliphatic heterocycles. The van der Waals surface area contributed by atoms with E-state index in [9.17, 15) is 9.59 Å². The maximum Gasteiger partial charge on any atom is 0.323 e. The Labute approximate surface area is 118 Å². The molecule has 0 amide bonds. The first kappa shape index (κ1) is 16.0. The van der Waals surface area contributed by atoms with Gasteiger partial charge in [0.05, 0.1) is 20.3 Å². The molecule has 5 heteroatoms. The number of hydrogen-bond acceptors (Lipinski definition) is 5. The van der Waals surface area contributed by atoms with E-state index >= 15 is 0 Å². The van der Waals surface area contributed by atoms with Crippen molar-refractivity contribution in [2.45, 2.75) is 19.3 Å². The molecule has 0 unspecified atom stereocenters. The fraction of sp³-hybridized carbons (Fsp3) is 0.533. The van der Waals surface area contributed by atoms with Crippen LogP contribution in [0.1, 0.15) is 19.3 Å². The molecule has 1 aliphatic carbocycles. The second kappa shape index (κ2) is 6.38. The zero-order valence-electron chi connectivity index (χ0n) is 11.8. The number of ether oxygens (including phenoxy) is 2. The summed E-state index contributed by atoms with van der Waals surface area (Å²) in [5.74, 6) is -1.92. The molecule has 1 rings (SSSR count). The highest BCUT2D eigenvalue weighted by Crippen LogP contribution is 2.53. The molecule has 5 nitrogen and oxygen atoms in total. The van der Waals surface area contributed by atoms with Crippen molar-refractivity contribution in [3.8, 4) is 6.07 Å². The number of nitriles is 1. The van der Waals surface area contributed by atoms with Crippen molar-refractivity contribution >= 4 is 11.9 Å². The third kappa shape index (κ3) is 2.34. The third-order valence-electron chi connectivity index (χ3n) is 3.99. The topological polar surface area (TPSA) is 76.4 Å². The van der Waals surface area contributed by atoms with Gasteiger partial charge in [0.1, 0.15) is 0 Å². The molecule has 0 aromatic heterocycles. The third-order valence-corrected chi connectivity index (χ3v) is 3.99. The van der Waals surface area contributed by atoms with Gasteiger partial charge in [0.2, 0.25) is 0 Å². The van der Waals surface area contributed by atoms with E-state index in [0.29, 0.717) is 6.42 Å². The number of esters is 2. The van der Waals surface area contributed by atoms with Gasteiger partial charge in [0.25, 0.3) is 0 Å². The number of hydrogen-bond donors (Lipinski definition) is 0. The van der Waals surface area contributed by atoms with E-state index in [1.54, 1.807) is 6.08 Å². The largest absolute Gasteiger partial charge is 0.468 e. The van der Waals surface area contributed by atoms with Crippen molar-refractivity contribution in [3.63, 3.8) is 0 Å². The number of carbonyl (C=O) groups is 2. The van der Waals surface area contributed by atoms with Crippen molar-refractivity contribution in [2.24, 2.45) is 17.3 Å². The van der Waals surface area contributed by atoms with Crippen LogP contribution in [0.5, 0.6) is 0 Å². The molecule has 0 saturated heterocycles. The lowest BCUT2D eigenvalue weighted by Gasteiger charge is -2.29. The molecule has 2 atom stereocenters. The van der Waals surface area contributed by atoms with Gasteiger partial charge in [-0.1, -0.05) is 18.2 Å². The van der Waals surface area contributed by atoms with Gasteiger partial charge in [-0.25, -0.2) is 0 Å². The Morgan fingerprint density at radius 2 is 2.00 bits per heavy atom. The predicted molar refractivity (Wildman–Crippen MR) is 72.2 cm³/mol. The van der Waals surface area contributed by atoms with Crippen LogP contribution in [-0.4, -0.2) is 26.2 Å². The second-order valence-corrected chi connectivity index (χ2v) is 4.83. The van der Waals surface area contributed by atoms with E-state index in [-0.39, 0.29) is 18.8 Å². The molecule has 20 heavy (non-hydrogen) atoms. The molecular weight excluding hydrogens is 258 g/mol. The molecule has 1 saturated carbocycles. The van der Waals surface area contributed by atoms with E-state index in [2.05, 4.69) is 13.2 Å². The molecule has 0 bridgehead atoms.